The number of fused-ring (bicyclic) bond motifs is 1. The second kappa shape index (κ2) is 6.56. The molecule has 0 bridgehead atoms. The zero-order valence-electron chi connectivity index (χ0n) is 14.1. The average molecular weight is 369 g/mol. The van der Waals surface area contributed by atoms with Crippen molar-refractivity contribution < 1.29 is 19.4 Å². The van der Waals surface area contributed by atoms with Crippen molar-refractivity contribution >= 4 is 23.0 Å². The summed E-state index contributed by atoms with van der Waals surface area (Å²) in [5.41, 5.74) is 0.408. The van der Waals surface area contributed by atoms with Gasteiger partial charge in [-0.25, -0.2) is 14.5 Å². The first-order chi connectivity index (χ1) is 13.0. The molecule has 1 saturated heterocycles. The molecule has 0 unspecified atom stereocenters. The summed E-state index contributed by atoms with van der Waals surface area (Å²) in [6.07, 6.45) is 2.98. The van der Waals surface area contributed by atoms with Gasteiger partial charge in [-0.1, -0.05) is 0 Å². The number of carbonyl (C=O) groups is 2. The smallest absolute Gasteiger partial charge is 0.449 e. The third kappa shape index (κ3) is 3.24. The van der Waals surface area contributed by atoms with E-state index in [1.54, 1.807) is 17.0 Å². The highest BCUT2D eigenvalue weighted by Gasteiger charge is 2.20. The monoisotopic (exact) mass is 369 g/mol. The van der Waals surface area contributed by atoms with Gasteiger partial charge < -0.3 is 14.7 Å². The van der Waals surface area contributed by atoms with Crippen molar-refractivity contribution in [1.82, 2.24) is 24.6 Å². The van der Waals surface area contributed by atoms with Crippen LogP contribution in [0.15, 0.2) is 35.4 Å². The molecule has 1 aliphatic rings. The summed E-state index contributed by atoms with van der Waals surface area (Å²) in [5.74, 6) is 0.00331. The van der Waals surface area contributed by atoms with Crippen LogP contribution in [0.2, 0.25) is 0 Å². The van der Waals surface area contributed by atoms with E-state index in [1.807, 2.05) is 0 Å². The van der Waals surface area contributed by atoms with E-state index < -0.39 is 11.7 Å². The van der Waals surface area contributed by atoms with Gasteiger partial charge in [0.1, 0.15) is 0 Å². The number of H-pyrrole nitrogens is 1. The first-order valence-electron chi connectivity index (χ1n) is 8.30. The minimum Gasteiger partial charge on any atom is -0.449 e. The number of amides is 1. The molecule has 10 heteroatoms. The fourth-order valence-corrected chi connectivity index (χ4v) is 3.05. The lowest BCUT2D eigenvalue weighted by Crippen LogP contribution is -2.27. The van der Waals surface area contributed by atoms with Crippen LogP contribution in [0, 0.1) is 0 Å². The number of aromatic amines is 1. The topological polar surface area (TPSA) is 130 Å². The van der Waals surface area contributed by atoms with E-state index >= 15 is 0 Å². The van der Waals surface area contributed by atoms with Crippen LogP contribution in [-0.4, -0.2) is 54.9 Å². The van der Waals surface area contributed by atoms with Crippen LogP contribution in [-0.2, 0) is 0 Å². The van der Waals surface area contributed by atoms with Crippen molar-refractivity contribution in [3.63, 3.8) is 0 Å². The number of hydrogen-bond acceptors (Lipinski definition) is 6. The van der Waals surface area contributed by atoms with Crippen LogP contribution in [0.25, 0.3) is 16.9 Å². The third-order valence-electron chi connectivity index (χ3n) is 4.31. The van der Waals surface area contributed by atoms with Gasteiger partial charge in [0.25, 0.3) is 11.5 Å². The lowest BCUT2D eigenvalue weighted by atomic mass is 10.1. The molecule has 0 radical (unpaired) electrons. The van der Waals surface area contributed by atoms with Crippen LogP contribution >= 0.6 is 0 Å². The SMILES string of the molecule is O=C(O)Oc1cnn(-c2nc3ccc(C(=O)N4CCCC4)cc3c(=O)[nH]2)c1. The van der Waals surface area contributed by atoms with Crippen LogP contribution in [0.1, 0.15) is 23.2 Å². The molecule has 1 amide bonds. The molecule has 1 aromatic carbocycles. The van der Waals surface area contributed by atoms with Crippen molar-refractivity contribution in [2.24, 2.45) is 0 Å². The van der Waals surface area contributed by atoms with Gasteiger partial charge in [0.2, 0.25) is 5.95 Å². The molecule has 0 saturated carbocycles. The second-order valence-corrected chi connectivity index (χ2v) is 6.11. The summed E-state index contributed by atoms with van der Waals surface area (Å²) in [5, 5.41) is 12.8. The molecular formula is C17H15N5O5. The van der Waals surface area contributed by atoms with Gasteiger partial charge in [-0.05, 0) is 31.0 Å². The first-order valence-corrected chi connectivity index (χ1v) is 8.30. The Morgan fingerprint density at radius 2 is 2.00 bits per heavy atom. The Hall–Kier alpha value is -3.69. The van der Waals surface area contributed by atoms with Crippen molar-refractivity contribution in [1.29, 1.82) is 0 Å². The van der Waals surface area contributed by atoms with Gasteiger partial charge in [-0.3, -0.25) is 14.6 Å². The minimum atomic E-state index is -1.47. The number of ether oxygens (including phenoxy) is 1. The second-order valence-electron chi connectivity index (χ2n) is 6.11. The summed E-state index contributed by atoms with van der Waals surface area (Å²) < 4.78 is 5.69. The molecule has 4 rings (SSSR count). The number of rotatable bonds is 3. The zero-order valence-corrected chi connectivity index (χ0v) is 14.1. The number of carbonyl (C=O) groups excluding carboxylic acids is 1. The predicted molar refractivity (Wildman–Crippen MR) is 93.3 cm³/mol. The maximum absolute atomic E-state index is 12.5. The highest BCUT2D eigenvalue weighted by atomic mass is 16.7. The Kier molecular flexibility index (Phi) is 4.07. The number of nitrogens with one attached hydrogen (secondary N) is 1. The average Bonchev–Trinajstić information content (AvgIpc) is 3.32. The zero-order chi connectivity index (χ0) is 19.0. The molecule has 0 aliphatic carbocycles. The van der Waals surface area contributed by atoms with Crippen molar-refractivity contribution in [2.45, 2.75) is 12.8 Å². The molecule has 3 heterocycles. The van der Waals surface area contributed by atoms with Gasteiger partial charge in [0.05, 0.1) is 23.3 Å². The summed E-state index contributed by atoms with van der Waals surface area (Å²) in [7, 11) is 0. The summed E-state index contributed by atoms with van der Waals surface area (Å²) >= 11 is 0. The maximum Gasteiger partial charge on any atom is 0.511 e. The Morgan fingerprint density at radius 3 is 2.74 bits per heavy atom. The minimum absolute atomic E-state index is 0.00296. The van der Waals surface area contributed by atoms with E-state index in [1.165, 1.54) is 23.1 Å². The van der Waals surface area contributed by atoms with E-state index in [0.29, 0.717) is 11.1 Å². The third-order valence-corrected chi connectivity index (χ3v) is 4.31. The van der Waals surface area contributed by atoms with Gasteiger partial charge >= 0.3 is 6.16 Å². The van der Waals surface area contributed by atoms with E-state index in [2.05, 4.69) is 19.8 Å². The normalized spacial score (nSPS) is 13.9. The largest absolute Gasteiger partial charge is 0.511 e. The molecule has 138 valence electrons. The van der Waals surface area contributed by atoms with Crippen LogP contribution in [0.4, 0.5) is 4.79 Å². The Morgan fingerprint density at radius 1 is 1.22 bits per heavy atom. The van der Waals surface area contributed by atoms with Gasteiger partial charge in [-0.2, -0.15) is 5.10 Å². The Balaban J connectivity index is 1.69. The number of likely N-dealkylation sites (tertiary alicyclic amines) is 1. The summed E-state index contributed by atoms with van der Waals surface area (Å²) in [6.45, 7) is 1.45. The molecule has 0 atom stereocenters. The van der Waals surface area contributed by atoms with E-state index in [9.17, 15) is 14.4 Å². The molecule has 3 aromatic rings. The summed E-state index contributed by atoms with van der Waals surface area (Å²) in [4.78, 5) is 44.2. The molecule has 1 fully saturated rings. The number of nitrogens with zero attached hydrogens (tertiary/aromatic N) is 4. The van der Waals surface area contributed by atoms with Crippen molar-refractivity contribution in [2.75, 3.05) is 13.1 Å². The van der Waals surface area contributed by atoms with Crippen molar-refractivity contribution in [3.05, 3.63) is 46.5 Å². The van der Waals surface area contributed by atoms with E-state index in [0.717, 1.165) is 25.9 Å². The fourth-order valence-electron chi connectivity index (χ4n) is 3.05. The number of aromatic nitrogens is 4. The van der Waals surface area contributed by atoms with Crippen LogP contribution < -0.4 is 10.3 Å². The molecule has 1 aliphatic heterocycles. The van der Waals surface area contributed by atoms with Gasteiger partial charge in [-0.15, -0.1) is 0 Å². The molecule has 10 nitrogen and oxygen atoms in total. The van der Waals surface area contributed by atoms with Gasteiger partial charge in [0.15, 0.2) is 5.75 Å². The Bertz CT molecular complexity index is 1100. The lowest BCUT2D eigenvalue weighted by Gasteiger charge is -2.15. The molecule has 2 N–H and O–H groups in total. The maximum atomic E-state index is 12.5. The van der Waals surface area contributed by atoms with Crippen LogP contribution in [0.5, 0.6) is 5.75 Å². The first kappa shape index (κ1) is 16.8. The number of hydrogen-bond donors (Lipinski definition) is 2. The molecule has 0 spiro atoms. The summed E-state index contributed by atoms with van der Waals surface area (Å²) in [6, 6.07) is 4.78. The van der Waals surface area contributed by atoms with E-state index in [4.69, 9.17) is 5.11 Å². The quantitative estimate of drug-likeness (QED) is 0.667. The lowest BCUT2D eigenvalue weighted by molar-refractivity contribution is 0.0793. The van der Waals surface area contributed by atoms with Gasteiger partial charge in [0, 0.05) is 18.7 Å². The number of benzene rings is 1. The van der Waals surface area contributed by atoms with Crippen molar-refractivity contribution in [3.8, 4) is 11.7 Å². The number of carboxylic acid groups (broad SMARTS) is 1. The predicted octanol–water partition coefficient (Wildman–Crippen LogP) is 1.40. The standard InChI is InChI=1S/C17H15N5O5/c23-14-12-7-10(15(24)21-5-1-2-6-21)3-4-13(12)19-16(20-14)22-9-11(8-18-22)27-17(25)26/h3-4,7-9H,1-2,5-6H2,(H,25,26)(H,19,20,23). The van der Waals surface area contributed by atoms with E-state index in [-0.39, 0.29) is 23.0 Å². The Labute approximate surface area is 152 Å². The molecule has 27 heavy (non-hydrogen) atoms. The fraction of sp³-hybridized carbons (Fsp3) is 0.235. The molecule has 2 aromatic heterocycles. The highest BCUT2D eigenvalue weighted by Crippen LogP contribution is 2.17. The highest BCUT2D eigenvalue weighted by molar-refractivity contribution is 5.98. The van der Waals surface area contributed by atoms with Crippen LogP contribution in [0.3, 0.4) is 0 Å². The molecular weight excluding hydrogens is 354 g/mol.